The first-order valence-electron chi connectivity index (χ1n) is 7.36. The van der Waals surface area contributed by atoms with Gasteiger partial charge in [-0.05, 0) is 36.8 Å². The van der Waals surface area contributed by atoms with Crippen LogP contribution in [0.1, 0.15) is 31.2 Å². The second-order valence-electron chi connectivity index (χ2n) is 5.44. The van der Waals surface area contributed by atoms with Crippen LogP contribution in [0.2, 0.25) is 0 Å². The summed E-state index contributed by atoms with van der Waals surface area (Å²) in [6.45, 7) is 6.26. The van der Waals surface area contributed by atoms with Crippen LogP contribution in [0.4, 0.5) is 0 Å². The SMILES string of the molecule is C=CCOc1ccc(CNCC2(SC)CCCC2)cc1. The third-order valence-electron chi connectivity index (χ3n) is 4.02. The second-order valence-corrected chi connectivity index (χ2v) is 6.72. The van der Waals surface area contributed by atoms with Crippen molar-refractivity contribution in [3.05, 3.63) is 42.5 Å². The molecule has 110 valence electrons. The van der Waals surface area contributed by atoms with Gasteiger partial charge in [-0.15, -0.1) is 0 Å². The number of rotatable bonds is 8. The Balaban J connectivity index is 1.77. The summed E-state index contributed by atoms with van der Waals surface area (Å²) in [6.07, 6.45) is 9.50. The summed E-state index contributed by atoms with van der Waals surface area (Å²) >= 11 is 2.03. The Morgan fingerprint density at radius 2 is 2.00 bits per heavy atom. The van der Waals surface area contributed by atoms with Crippen molar-refractivity contribution < 1.29 is 4.74 Å². The maximum atomic E-state index is 5.49. The number of hydrogen-bond donors (Lipinski definition) is 1. The van der Waals surface area contributed by atoms with Gasteiger partial charge < -0.3 is 10.1 Å². The highest BCUT2D eigenvalue weighted by Gasteiger charge is 2.32. The summed E-state index contributed by atoms with van der Waals surface area (Å²) in [6, 6.07) is 8.32. The molecule has 1 N–H and O–H groups in total. The highest BCUT2D eigenvalue weighted by molar-refractivity contribution is 8.00. The number of hydrogen-bond acceptors (Lipinski definition) is 3. The smallest absolute Gasteiger partial charge is 0.119 e. The summed E-state index contributed by atoms with van der Waals surface area (Å²) in [4.78, 5) is 0. The maximum absolute atomic E-state index is 5.49. The maximum Gasteiger partial charge on any atom is 0.119 e. The van der Waals surface area contributed by atoms with Crippen molar-refractivity contribution in [3.63, 3.8) is 0 Å². The molecule has 1 aromatic carbocycles. The molecule has 0 atom stereocenters. The molecule has 1 saturated carbocycles. The third-order valence-corrected chi connectivity index (χ3v) is 5.43. The summed E-state index contributed by atoms with van der Waals surface area (Å²) < 4.78 is 5.97. The largest absolute Gasteiger partial charge is 0.490 e. The molecule has 0 saturated heterocycles. The molecule has 0 unspecified atom stereocenters. The Hall–Kier alpha value is -0.930. The number of thioether (sulfide) groups is 1. The van der Waals surface area contributed by atoms with Gasteiger partial charge in [0.2, 0.25) is 0 Å². The number of nitrogens with one attached hydrogen (secondary N) is 1. The lowest BCUT2D eigenvalue weighted by molar-refractivity contribution is 0.363. The summed E-state index contributed by atoms with van der Waals surface area (Å²) in [5.41, 5.74) is 1.31. The van der Waals surface area contributed by atoms with Crippen LogP contribution in [-0.2, 0) is 6.54 Å². The topological polar surface area (TPSA) is 21.3 Å². The quantitative estimate of drug-likeness (QED) is 0.731. The van der Waals surface area contributed by atoms with Crippen LogP contribution in [-0.4, -0.2) is 24.2 Å². The third kappa shape index (κ3) is 4.29. The predicted molar refractivity (Wildman–Crippen MR) is 88.6 cm³/mol. The van der Waals surface area contributed by atoms with Gasteiger partial charge in [-0.3, -0.25) is 0 Å². The first kappa shape index (κ1) is 15.5. The van der Waals surface area contributed by atoms with E-state index in [1.165, 1.54) is 31.2 Å². The molecule has 3 heteroatoms. The summed E-state index contributed by atoms with van der Waals surface area (Å²) in [5.74, 6) is 0.907. The zero-order chi connectivity index (χ0) is 14.3. The van der Waals surface area contributed by atoms with Gasteiger partial charge in [0.15, 0.2) is 0 Å². The van der Waals surface area contributed by atoms with Gasteiger partial charge in [0.1, 0.15) is 12.4 Å². The molecule has 2 nitrogen and oxygen atoms in total. The van der Waals surface area contributed by atoms with E-state index in [9.17, 15) is 0 Å². The Morgan fingerprint density at radius 1 is 1.30 bits per heavy atom. The zero-order valence-corrected chi connectivity index (χ0v) is 13.2. The van der Waals surface area contributed by atoms with Gasteiger partial charge in [-0.25, -0.2) is 0 Å². The fourth-order valence-corrected chi connectivity index (χ4v) is 3.71. The molecule has 0 radical (unpaired) electrons. The molecule has 1 fully saturated rings. The van der Waals surface area contributed by atoms with Gasteiger partial charge in [0.25, 0.3) is 0 Å². The molecule has 20 heavy (non-hydrogen) atoms. The first-order valence-corrected chi connectivity index (χ1v) is 8.59. The van der Waals surface area contributed by atoms with Crippen molar-refractivity contribution in [2.45, 2.75) is 37.0 Å². The molecular formula is C17H25NOS. The zero-order valence-electron chi connectivity index (χ0n) is 12.4. The van der Waals surface area contributed by atoms with Crippen LogP contribution in [0, 0.1) is 0 Å². The van der Waals surface area contributed by atoms with Crippen LogP contribution in [0.3, 0.4) is 0 Å². The van der Waals surface area contributed by atoms with Crippen LogP contribution in [0.25, 0.3) is 0 Å². The molecule has 1 aliphatic rings. The van der Waals surface area contributed by atoms with Crippen LogP contribution in [0.5, 0.6) is 5.75 Å². The van der Waals surface area contributed by atoms with E-state index in [1.807, 2.05) is 23.9 Å². The fourth-order valence-electron chi connectivity index (χ4n) is 2.77. The Bertz CT molecular complexity index is 410. The highest BCUT2D eigenvalue weighted by Crippen LogP contribution is 2.39. The Labute approximate surface area is 127 Å². The van der Waals surface area contributed by atoms with Crippen LogP contribution >= 0.6 is 11.8 Å². The number of ether oxygens (including phenoxy) is 1. The average molecular weight is 291 g/mol. The number of benzene rings is 1. The lowest BCUT2D eigenvalue weighted by Crippen LogP contribution is -2.34. The van der Waals surface area contributed by atoms with E-state index in [4.69, 9.17) is 4.74 Å². The fraction of sp³-hybridized carbons (Fsp3) is 0.529. The van der Waals surface area contributed by atoms with Gasteiger partial charge in [0, 0.05) is 17.8 Å². The van der Waals surface area contributed by atoms with Crippen molar-refractivity contribution in [2.75, 3.05) is 19.4 Å². The van der Waals surface area contributed by atoms with E-state index < -0.39 is 0 Å². The monoisotopic (exact) mass is 291 g/mol. The van der Waals surface area contributed by atoms with Crippen molar-refractivity contribution >= 4 is 11.8 Å². The molecule has 2 rings (SSSR count). The minimum atomic E-state index is 0.479. The van der Waals surface area contributed by atoms with Crippen molar-refractivity contribution in [1.82, 2.24) is 5.32 Å². The van der Waals surface area contributed by atoms with Gasteiger partial charge in [-0.2, -0.15) is 11.8 Å². The Kier molecular flexibility index (Phi) is 5.99. The van der Waals surface area contributed by atoms with Crippen molar-refractivity contribution in [2.24, 2.45) is 0 Å². The van der Waals surface area contributed by atoms with E-state index >= 15 is 0 Å². The molecule has 0 bridgehead atoms. The van der Waals surface area contributed by atoms with Crippen LogP contribution < -0.4 is 10.1 Å². The van der Waals surface area contributed by atoms with E-state index in [0.717, 1.165) is 18.8 Å². The second kappa shape index (κ2) is 7.75. The molecule has 0 spiro atoms. The predicted octanol–water partition coefficient (Wildman–Crippen LogP) is 4.02. The lowest BCUT2D eigenvalue weighted by Gasteiger charge is -2.27. The molecule has 0 aliphatic heterocycles. The highest BCUT2D eigenvalue weighted by atomic mass is 32.2. The average Bonchev–Trinajstić information content (AvgIpc) is 2.96. The minimum absolute atomic E-state index is 0.479. The summed E-state index contributed by atoms with van der Waals surface area (Å²) in [7, 11) is 0. The van der Waals surface area contributed by atoms with E-state index in [2.05, 4.69) is 30.3 Å². The van der Waals surface area contributed by atoms with Crippen molar-refractivity contribution in [3.8, 4) is 5.75 Å². The van der Waals surface area contributed by atoms with Gasteiger partial charge >= 0.3 is 0 Å². The minimum Gasteiger partial charge on any atom is -0.490 e. The molecule has 0 aromatic heterocycles. The van der Waals surface area contributed by atoms with E-state index in [1.54, 1.807) is 6.08 Å². The molecule has 1 aliphatic carbocycles. The van der Waals surface area contributed by atoms with E-state index in [-0.39, 0.29) is 0 Å². The Morgan fingerprint density at radius 3 is 2.60 bits per heavy atom. The first-order chi connectivity index (χ1) is 9.78. The molecule has 0 amide bonds. The summed E-state index contributed by atoms with van der Waals surface area (Å²) in [5, 5.41) is 3.62. The molecule has 0 heterocycles. The van der Waals surface area contributed by atoms with E-state index in [0.29, 0.717) is 11.4 Å². The standard InChI is InChI=1S/C17H25NOS/c1-3-12-19-16-8-6-15(7-9-16)13-18-14-17(20-2)10-4-5-11-17/h3,6-9,18H,1,4-5,10-14H2,2H3. The van der Waals surface area contributed by atoms with Crippen molar-refractivity contribution in [1.29, 1.82) is 0 Å². The lowest BCUT2D eigenvalue weighted by atomic mass is 10.1. The molecular weight excluding hydrogens is 266 g/mol. The van der Waals surface area contributed by atoms with Gasteiger partial charge in [-0.1, -0.05) is 37.6 Å². The normalized spacial score (nSPS) is 17.1. The van der Waals surface area contributed by atoms with Crippen LogP contribution in [0.15, 0.2) is 36.9 Å². The van der Waals surface area contributed by atoms with Gasteiger partial charge in [0.05, 0.1) is 0 Å². The molecule has 1 aromatic rings.